The third-order valence-corrected chi connectivity index (χ3v) is 4.86. The lowest BCUT2D eigenvalue weighted by Crippen LogP contribution is -2.33. The van der Waals surface area contributed by atoms with Crippen molar-refractivity contribution in [3.63, 3.8) is 0 Å². The van der Waals surface area contributed by atoms with E-state index in [1.165, 1.54) is 49.3 Å². The second-order valence-electron chi connectivity index (χ2n) is 6.23. The number of aromatic nitrogens is 1. The van der Waals surface area contributed by atoms with Gasteiger partial charge in [0, 0.05) is 49.7 Å². The van der Waals surface area contributed by atoms with E-state index >= 15 is 0 Å². The Morgan fingerprint density at radius 1 is 1.26 bits per heavy atom. The first-order chi connectivity index (χ1) is 9.19. The Hall–Kier alpha value is -0.800. The summed E-state index contributed by atoms with van der Waals surface area (Å²) < 4.78 is 2.40. The smallest absolute Gasteiger partial charge is 0.0226 e. The fourth-order valence-electron chi connectivity index (χ4n) is 3.52. The molecule has 1 N–H and O–H groups in total. The van der Waals surface area contributed by atoms with E-state index in [0.717, 1.165) is 19.1 Å². The Bertz CT molecular complexity index is 445. The van der Waals surface area contributed by atoms with Gasteiger partial charge in [-0.25, -0.2) is 0 Å². The summed E-state index contributed by atoms with van der Waals surface area (Å²) in [5.41, 5.74) is 4.30. The second kappa shape index (κ2) is 5.29. The van der Waals surface area contributed by atoms with Crippen molar-refractivity contribution in [2.75, 3.05) is 13.1 Å². The average Bonchev–Trinajstić information content (AvgIpc) is 3.07. The van der Waals surface area contributed by atoms with Crippen LogP contribution >= 0.6 is 0 Å². The maximum Gasteiger partial charge on any atom is 0.0226 e. The summed E-state index contributed by atoms with van der Waals surface area (Å²) in [5, 5.41) is 3.76. The topological polar surface area (TPSA) is 20.2 Å². The lowest BCUT2D eigenvalue weighted by atomic mass is 10.2. The first-order valence-electron chi connectivity index (χ1n) is 7.82. The van der Waals surface area contributed by atoms with E-state index in [1.54, 1.807) is 0 Å². The molecule has 0 bridgehead atoms. The van der Waals surface area contributed by atoms with Gasteiger partial charge in [0.05, 0.1) is 0 Å². The van der Waals surface area contributed by atoms with Crippen molar-refractivity contribution in [3.8, 4) is 0 Å². The molecule has 1 atom stereocenters. The minimum absolute atomic E-state index is 0.699. The van der Waals surface area contributed by atoms with Crippen molar-refractivity contribution in [3.05, 3.63) is 23.0 Å². The van der Waals surface area contributed by atoms with Gasteiger partial charge in [0.15, 0.2) is 0 Å². The van der Waals surface area contributed by atoms with Crippen molar-refractivity contribution in [1.29, 1.82) is 0 Å². The van der Waals surface area contributed by atoms with Gasteiger partial charge in [-0.05, 0) is 51.7 Å². The van der Waals surface area contributed by atoms with Crippen LogP contribution in [0.1, 0.15) is 43.1 Å². The zero-order valence-electron chi connectivity index (χ0n) is 12.6. The van der Waals surface area contributed by atoms with Crippen molar-refractivity contribution >= 4 is 0 Å². The quantitative estimate of drug-likeness (QED) is 0.878. The van der Waals surface area contributed by atoms with Crippen LogP contribution in [0.5, 0.6) is 0 Å². The molecular formula is C16H27N3. The molecule has 2 heterocycles. The molecule has 2 fully saturated rings. The van der Waals surface area contributed by atoms with E-state index in [2.05, 4.69) is 41.6 Å². The monoisotopic (exact) mass is 261 g/mol. The molecular weight excluding hydrogens is 234 g/mol. The molecule has 1 saturated heterocycles. The molecule has 1 aliphatic heterocycles. The lowest BCUT2D eigenvalue weighted by molar-refractivity contribution is 0.317. The van der Waals surface area contributed by atoms with Crippen molar-refractivity contribution < 1.29 is 0 Å². The summed E-state index contributed by atoms with van der Waals surface area (Å²) >= 11 is 0. The Labute approximate surface area is 117 Å². The predicted octanol–water partition coefficient (Wildman–Crippen LogP) is 2.45. The Morgan fingerprint density at radius 3 is 2.68 bits per heavy atom. The molecule has 0 spiro atoms. The molecule has 1 aliphatic carbocycles. The highest BCUT2D eigenvalue weighted by Crippen LogP contribution is 2.29. The van der Waals surface area contributed by atoms with Gasteiger partial charge in [-0.1, -0.05) is 0 Å². The van der Waals surface area contributed by atoms with Crippen LogP contribution in [0.4, 0.5) is 0 Å². The number of nitrogens with one attached hydrogen (secondary N) is 1. The van der Waals surface area contributed by atoms with Crippen LogP contribution < -0.4 is 5.32 Å². The van der Waals surface area contributed by atoms with E-state index in [9.17, 15) is 0 Å². The van der Waals surface area contributed by atoms with Crippen LogP contribution in [0.2, 0.25) is 0 Å². The molecule has 2 aliphatic rings. The molecule has 0 amide bonds. The van der Waals surface area contributed by atoms with E-state index in [-0.39, 0.29) is 0 Å². The van der Waals surface area contributed by atoms with Gasteiger partial charge in [-0.2, -0.15) is 0 Å². The Morgan fingerprint density at radius 2 is 2.05 bits per heavy atom. The van der Waals surface area contributed by atoms with Crippen LogP contribution in [-0.4, -0.2) is 34.6 Å². The molecule has 1 unspecified atom stereocenters. The third-order valence-electron chi connectivity index (χ3n) is 4.86. The number of hydrogen-bond acceptors (Lipinski definition) is 2. The third kappa shape index (κ3) is 2.72. The Kier molecular flexibility index (Phi) is 3.68. The van der Waals surface area contributed by atoms with E-state index in [0.29, 0.717) is 6.04 Å². The molecule has 3 heteroatoms. The van der Waals surface area contributed by atoms with Crippen LogP contribution in [0.25, 0.3) is 0 Å². The second-order valence-corrected chi connectivity index (χ2v) is 6.23. The van der Waals surface area contributed by atoms with Crippen molar-refractivity contribution in [2.24, 2.45) is 0 Å². The SMILES string of the molecule is CCn1c(C)cc(CNC2CCN(C3CC3)C2)c1C. The summed E-state index contributed by atoms with van der Waals surface area (Å²) in [6, 6.07) is 3.97. The maximum absolute atomic E-state index is 3.76. The summed E-state index contributed by atoms with van der Waals surface area (Å²) in [4.78, 5) is 2.67. The van der Waals surface area contributed by atoms with Crippen molar-refractivity contribution in [2.45, 2.75) is 65.2 Å². The largest absolute Gasteiger partial charge is 0.349 e. The first-order valence-corrected chi connectivity index (χ1v) is 7.82. The van der Waals surface area contributed by atoms with Gasteiger partial charge in [-0.15, -0.1) is 0 Å². The normalized spacial score (nSPS) is 24.3. The summed E-state index contributed by atoms with van der Waals surface area (Å²) in [6.45, 7) is 11.4. The minimum Gasteiger partial charge on any atom is -0.349 e. The Balaban J connectivity index is 1.54. The van der Waals surface area contributed by atoms with Crippen LogP contribution in [-0.2, 0) is 13.1 Å². The average molecular weight is 261 g/mol. The standard InChI is InChI=1S/C16H27N3/c1-4-19-12(2)9-14(13(19)3)10-17-15-7-8-18(11-15)16-5-6-16/h9,15-17H,4-8,10-11H2,1-3H3. The fraction of sp³-hybridized carbons (Fsp3) is 0.750. The van der Waals surface area contributed by atoms with Crippen LogP contribution in [0, 0.1) is 13.8 Å². The highest BCUT2D eigenvalue weighted by molar-refractivity contribution is 5.26. The maximum atomic E-state index is 3.76. The lowest BCUT2D eigenvalue weighted by Gasteiger charge is -2.16. The number of likely N-dealkylation sites (tertiary alicyclic amines) is 1. The van der Waals surface area contributed by atoms with E-state index in [4.69, 9.17) is 0 Å². The van der Waals surface area contributed by atoms with Crippen LogP contribution in [0.3, 0.4) is 0 Å². The number of rotatable bonds is 5. The molecule has 19 heavy (non-hydrogen) atoms. The molecule has 0 aromatic carbocycles. The molecule has 3 nitrogen and oxygen atoms in total. The molecule has 3 rings (SSSR count). The molecule has 1 aromatic heterocycles. The highest BCUT2D eigenvalue weighted by atomic mass is 15.2. The minimum atomic E-state index is 0.699. The van der Waals surface area contributed by atoms with E-state index in [1.807, 2.05) is 0 Å². The zero-order chi connectivity index (χ0) is 13.4. The predicted molar refractivity (Wildman–Crippen MR) is 79.4 cm³/mol. The van der Waals surface area contributed by atoms with Crippen LogP contribution in [0.15, 0.2) is 6.07 Å². The highest BCUT2D eigenvalue weighted by Gasteiger charge is 2.34. The van der Waals surface area contributed by atoms with Gasteiger partial charge >= 0.3 is 0 Å². The molecule has 0 radical (unpaired) electrons. The zero-order valence-corrected chi connectivity index (χ0v) is 12.6. The number of hydrogen-bond donors (Lipinski definition) is 1. The van der Waals surface area contributed by atoms with E-state index < -0.39 is 0 Å². The molecule has 1 aromatic rings. The van der Waals surface area contributed by atoms with Gasteiger partial charge in [0.1, 0.15) is 0 Å². The number of nitrogens with zero attached hydrogens (tertiary/aromatic N) is 2. The van der Waals surface area contributed by atoms with Gasteiger partial charge in [0.2, 0.25) is 0 Å². The van der Waals surface area contributed by atoms with Gasteiger partial charge in [-0.3, -0.25) is 4.90 Å². The van der Waals surface area contributed by atoms with Gasteiger partial charge in [0.25, 0.3) is 0 Å². The summed E-state index contributed by atoms with van der Waals surface area (Å²) in [7, 11) is 0. The number of aryl methyl sites for hydroxylation is 1. The van der Waals surface area contributed by atoms with Crippen molar-refractivity contribution in [1.82, 2.24) is 14.8 Å². The fourth-order valence-corrected chi connectivity index (χ4v) is 3.52. The van der Waals surface area contributed by atoms with Gasteiger partial charge < -0.3 is 9.88 Å². The molecule has 1 saturated carbocycles. The summed E-state index contributed by atoms with van der Waals surface area (Å²) in [5.74, 6) is 0. The summed E-state index contributed by atoms with van der Waals surface area (Å²) in [6.07, 6.45) is 4.19. The first kappa shape index (κ1) is 13.2. The molecule has 106 valence electrons.